The fraction of sp³-hybridized carbons (Fsp3) is 0.833. The molecule has 5 heterocycles. The van der Waals surface area contributed by atoms with Gasteiger partial charge in [0.2, 0.25) is 5.91 Å². The Morgan fingerprint density at radius 3 is 2.76 bits per heavy atom. The second-order valence-electron chi connectivity index (χ2n) is 7.70. The van der Waals surface area contributed by atoms with Crippen molar-refractivity contribution >= 4 is 5.91 Å². The molecule has 0 spiro atoms. The summed E-state index contributed by atoms with van der Waals surface area (Å²) in [6.45, 7) is 5.71. The number of rotatable bonds is 5. The van der Waals surface area contributed by atoms with Gasteiger partial charge in [0.05, 0.1) is 0 Å². The molecule has 25 heavy (non-hydrogen) atoms. The first-order valence-corrected chi connectivity index (χ1v) is 9.73. The first-order valence-electron chi connectivity index (χ1n) is 9.73. The Kier molecular flexibility index (Phi) is 5.31. The Bertz CT molecular complexity index is 558. The molecule has 5 rings (SSSR count). The molecule has 4 aliphatic heterocycles. The maximum absolute atomic E-state index is 12.8. The summed E-state index contributed by atoms with van der Waals surface area (Å²) in [7, 11) is 0. The number of carbonyl (C=O) groups is 1. The van der Waals surface area contributed by atoms with Crippen LogP contribution in [0.1, 0.15) is 38.5 Å². The lowest BCUT2D eigenvalue weighted by Gasteiger charge is -2.37. The molecule has 4 fully saturated rings. The normalized spacial score (nSPS) is 28.2. The fourth-order valence-corrected chi connectivity index (χ4v) is 4.66. The van der Waals surface area contributed by atoms with E-state index >= 15 is 0 Å². The van der Waals surface area contributed by atoms with Crippen LogP contribution in [0.5, 0.6) is 0 Å². The molecule has 0 aliphatic carbocycles. The van der Waals surface area contributed by atoms with Gasteiger partial charge in [0.15, 0.2) is 0 Å². The largest absolute Gasteiger partial charge is 0.381 e. The SMILES string of the molecule is O=C(CCCn1cncn1)N1C[C@H]2CC[C@@H]1CN(C1CCOCC1)C2. The number of fused-ring (bicyclic) bond motifs is 4. The van der Waals surface area contributed by atoms with Crippen LogP contribution in [0, 0.1) is 5.92 Å². The van der Waals surface area contributed by atoms with Crippen LogP contribution in [-0.4, -0.2) is 75.4 Å². The molecular weight excluding hydrogens is 318 g/mol. The number of aryl methyl sites for hydroxylation is 1. The van der Waals surface area contributed by atoms with E-state index in [1.165, 1.54) is 12.8 Å². The molecule has 1 aromatic rings. The second-order valence-corrected chi connectivity index (χ2v) is 7.70. The predicted molar refractivity (Wildman–Crippen MR) is 92.9 cm³/mol. The van der Waals surface area contributed by atoms with Crippen LogP contribution in [0.4, 0.5) is 0 Å². The number of ether oxygens (including phenoxy) is 1. The van der Waals surface area contributed by atoms with Crippen molar-refractivity contribution in [3.8, 4) is 0 Å². The van der Waals surface area contributed by atoms with Gasteiger partial charge in [-0.1, -0.05) is 0 Å². The van der Waals surface area contributed by atoms with Crippen molar-refractivity contribution in [1.29, 1.82) is 0 Å². The van der Waals surface area contributed by atoms with Crippen molar-refractivity contribution in [1.82, 2.24) is 24.6 Å². The summed E-state index contributed by atoms with van der Waals surface area (Å²) >= 11 is 0. The number of carbonyl (C=O) groups excluding carboxylic acids is 1. The monoisotopic (exact) mass is 347 g/mol. The molecule has 1 aromatic heterocycles. The fourth-order valence-electron chi connectivity index (χ4n) is 4.66. The highest BCUT2D eigenvalue weighted by Gasteiger charge is 2.38. The van der Waals surface area contributed by atoms with Crippen LogP contribution >= 0.6 is 0 Å². The van der Waals surface area contributed by atoms with Gasteiger partial charge in [-0.05, 0) is 38.0 Å². The smallest absolute Gasteiger partial charge is 0.222 e. The third-order valence-corrected chi connectivity index (χ3v) is 6.01. The number of nitrogens with zero attached hydrogens (tertiary/aromatic N) is 5. The van der Waals surface area contributed by atoms with E-state index in [0.717, 1.165) is 58.7 Å². The molecule has 0 aromatic carbocycles. The van der Waals surface area contributed by atoms with E-state index in [1.807, 2.05) is 0 Å². The third-order valence-electron chi connectivity index (χ3n) is 6.01. The number of amides is 1. The van der Waals surface area contributed by atoms with E-state index in [1.54, 1.807) is 17.3 Å². The van der Waals surface area contributed by atoms with Gasteiger partial charge in [-0.15, -0.1) is 0 Å². The Morgan fingerprint density at radius 2 is 1.96 bits per heavy atom. The van der Waals surface area contributed by atoms with Crippen LogP contribution in [0.3, 0.4) is 0 Å². The van der Waals surface area contributed by atoms with Gasteiger partial charge >= 0.3 is 0 Å². The summed E-state index contributed by atoms with van der Waals surface area (Å²) in [6, 6.07) is 1.06. The number of piperidine rings is 1. The standard InChI is InChI=1S/C18H29N5O2/c24-18(2-1-7-22-14-19-13-20-22)23-11-15-3-4-17(23)12-21(10-15)16-5-8-25-9-6-16/h13-17H,1-12H2/t15-,17+/m0/s1. The Hall–Kier alpha value is -1.47. The highest BCUT2D eigenvalue weighted by atomic mass is 16.5. The van der Waals surface area contributed by atoms with Gasteiger partial charge < -0.3 is 9.64 Å². The molecule has 2 atom stereocenters. The summed E-state index contributed by atoms with van der Waals surface area (Å²) in [5, 5.41) is 4.10. The van der Waals surface area contributed by atoms with Crippen LogP contribution in [-0.2, 0) is 16.1 Å². The van der Waals surface area contributed by atoms with E-state index in [4.69, 9.17) is 4.74 Å². The average Bonchev–Trinajstić information content (AvgIpc) is 2.99. The van der Waals surface area contributed by atoms with Crippen LogP contribution < -0.4 is 0 Å². The molecule has 7 nitrogen and oxygen atoms in total. The predicted octanol–water partition coefficient (Wildman–Crippen LogP) is 1.16. The molecule has 4 saturated heterocycles. The maximum atomic E-state index is 12.8. The summed E-state index contributed by atoms with van der Waals surface area (Å²) in [5.74, 6) is 0.963. The molecule has 0 unspecified atom stereocenters. The molecule has 138 valence electrons. The van der Waals surface area contributed by atoms with Crippen molar-refractivity contribution in [2.24, 2.45) is 5.92 Å². The van der Waals surface area contributed by atoms with Crippen molar-refractivity contribution < 1.29 is 9.53 Å². The minimum absolute atomic E-state index is 0.323. The third kappa shape index (κ3) is 4.03. The summed E-state index contributed by atoms with van der Waals surface area (Å²) in [6.07, 6.45) is 9.42. The van der Waals surface area contributed by atoms with Crippen molar-refractivity contribution in [2.75, 3.05) is 32.8 Å². The minimum atomic E-state index is 0.323. The molecule has 0 N–H and O–H groups in total. The van der Waals surface area contributed by atoms with E-state index in [2.05, 4.69) is 19.9 Å². The average molecular weight is 347 g/mol. The zero-order chi connectivity index (χ0) is 17.1. The van der Waals surface area contributed by atoms with E-state index in [9.17, 15) is 4.79 Å². The topological polar surface area (TPSA) is 63.5 Å². The Balaban J connectivity index is 1.32. The van der Waals surface area contributed by atoms with Gasteiger partial charge in [0.1, 0.15) is 12.7 Å². The maximum Gasteiger partial charge on any atom is 0.222 e. The van der Waals surface area contributed by atoms with Gasteiger partial charge in [0, 0.05) is 57.9 Å². The molecule has 7 heteroatoms. The second kappa shape index (κ2) is 7.83. The molecule has 0 radical (unpaired) electrons. The Labute approximate surface area is 149 Å². The number of aromatic nitrogens is 3. The van der Waals surface area contributed by atoms with Gasteiger partial charge in [-0.3, -0.25) is 14.4 Å². The van der Waals surface area contributed by atoms with E-state index < -0.39 is 0 Å². The highest BCUT2D eigenvalue weighted by molar-refractivity contribution is 5.76. The number of hydrogen-bond acceptors (Lipinski definition) is 5. The lowest BCUT2D eigenvalue weighted by atomic mass is 9.94. The van der Waals surface area contributed by atoms with Crippen LogP contribution in [0.15, 0.2) is 12.7 Å². The highest BCUT2D eigenvalue weighted by Crippen LogP contribution is 2.31. The number of hydrogen-bond donors (Lipinski definition) is 0. The van der Waals surface area contributed by atoms with Crippen LogP contribution in [0.2, 0.25) is 0 Å². The summed E-state index contributed by atoms with van der Waals surface area (Å²) in [4.78, 5) is 21.6. The van der Waals surface area contributed by atoms with E-state index in [0.29, 0.717) is 30.3 Å². The quantitative estimate of drug-likeness (QED) is 0.800. The van der Waals surface area contributed by atoms with Gasteiger partial charge in [0.25, 0.3) is 0 Å². The Morgan fingerprint density at radius 1 is 1.08 bits per heavy atom. The first kappa shape index (κ1) is 17.0. The molecule has 0 saturated carbocycles. The zero-order valence-corrected chi connectivity index (χ0v) is 14.9. The molecule has 1 amide bonds. The van der Waals surface area contributed by atoms with E-state index in [-0.39, 0.29) is 0 Å². The minimum Gasteiger partial charge on any atom is -0.381 e. The zero-order valence-electron chi connectivity index (χ0n) is 14.9. The first-order chi connectivity index (χ1) is 12.3. The summed E-state index contributed by atoms with van der Waals surface area (Å²) in [5.41, 5.74) is 0. The lowest BCUT2D eigenvalue weighted by molar-refractivity contribution is -0.135. The van der Waals surface area contributed by atoms with Gasteiger partial charge in [-0.2, -0.15) is 5.10 Å². The lowest BCUT2D eigenvalue weighted by Crippen LogP contribution is -2.48. The summed E-state index contributed by atoms with van der Waals surface area (Å²) < 4.78 is 7.32. The van der Waals surface area contributed by atoms with Crippen molar-refractivity contribution in [3.63, 3.8) is 0 Å². The van der Waals surface area contributed by atoms with Gasteiger partial charge in [-0.25, -0.2) is 4.98 Å². The molecule has 2 bridgehead atoms. The van der Waals surface area contributed by atoms with Crippen molar-refractivity contribution in [2.45, 2.75) is 57.2 Å². The molecular formula is C18H29N5O2. The van der Waals surface area contributed by atoms with Crippen LogP contribution in [0.25, 0.3) is 0 Å². The van der Waals surface area contributed by atoms with Crippen molar-refractivity contribution in [3.05, 3.63) is 12.7 Å². The molecule has 4 aliphatic rings.